The van der Waals surface area contributed by atoms with Gasteiger partial charge in [0.15, 0.2) is 0 Å². The number of nitrogens with zero attached hydrogens (tertiary/aromatic N) is 4. The predicted octanol–water partition coefficient (Wildman–Crippen LogP) is 3.74. The van der Waals surface area contributed by atoms with Gasteiger partial charge in [-0.2, -0.15) is 0 Å². The summed E-state index contributed by atoms with van der Waals surface area (Å²) in [5.74, 6) is 0.560. The summed E-state index contributed by atoms with van der Waals surface area (Å²) in [7, 11) is 0. The molecule has 1 aromatic heterocycles. The largest absolute Gasteiger partial charge is 0.490 e. The summed E-state index contributed by atoms with van der Waals surface area (Å²) in [4.78, 5) is 16.1. The van der Waals surface area contributed by atoms with Crippen molar-refractivity contribution in [3.8, 4) is 0 Å². The number of hydrogen-bond acceptors (Lipinski definition) is 6. The summed E-state index contributed by atoms with van der Waals surface area (Å²) in [6.45, 7) is 5.82. The number of aliphatic hydroxyl groups is 1. The molecule has 3 rings (SSSR count). The number of hydrogen-bond donors (Lipinski definition) is 1. The molecule has 0 unspecified atom stereocenters. The minimum atomic E-state index is -1.11. The number of likely N-dealkylation sites (tertiary alicyclic amines) is 1. The van der Waals surface area contributed by atoms with Crippen LogP contribution in [-0.2, 0) is 11.3 Å². The highest BCUT2D eigenvalue weighted by molar-refractivity contribution is 6.28. The number of halogens is 1. The van der Waals surface area contributed by atoms with Gasteiger partial charge in [0.2, 0.25) is 0 Å². The number of allylic oxidation sites excluding steroid dienone is 1. The molecule has 30 heavy (non-hydrogen) atoms. The molecule has 162 valence electrons. The first-order chi connectivity index (χ1) is 14.3. The van der Waals surface area contributed by atoms with E-state index in [-0.39, 0.29) is 23.8 Å². The lowest BCUT2D eigenvalue weighted by atomic mass is 10.0. The van der Waals surface area contributed by atoms with Crippen LogP contribution in [-0.4, -0.2) is 55.8 Å². The number of aromatic nitrogens is 2. The number of nitro groups is 1. The Kier molecular flexibility index (Phi) is 7.12. The van der Waals surface area contributed by atoms with Crippen molar-refractivity contribution >= 4 is 23.2 Å². The van der Waals surface area contributed by atoms with E-state index in [9.17, 15) is 15.2 Å². The highest BCUT2D eigenvalue weighted by Gasteiger charge is 2.30. The zero-order valence-corrected chi connectivity index (χ0v) is 18.0. The van der Waals surface area contributed by atoms with Crippen LogP contribution in [0.4, 0.5) is 5.82 Å². The van der Waals surface area contributed by atoms with Gasteiger partial charge in [0.05, 0.1) is 12.1 Å². The quantitative estimate of drug-likeness (QED) is 0.386. The number of β-amino-alcohol motifs (C(OH)–C–C–N with tert-alkyl or cyclic N) is 1. The van der Waals surface area contributed by atoms with E-state index < -0.39 is 10.5 Å². The molecule has 0 spiro atoms. The van der Waals surface area contributed by atoms with Crippen molar-refractivity contribution in [2.45, 2.75) is 44.9 Å². The van der Waals surface area contributed by atoms with Gasteiger partial charge < -0.3 is 24.9 Å². The van der Waals surface area contributed by atoms with E-state index in [0.717, 1.165) is 37.3 Å². The van der Waals surface area contributed by atoms with Gasteiger partial charge in [0.1, 0.15) is 18.1 Å². The van der Waals surface area contributed by atoms with Crippen molar-refractivity contribution in [1.82, 2.24) is 14.5 Å². The average molecular weight is 435 g/mol. The fraction of sp³-hybridized carbons (Fsp3) is 0.476. The second-order valence-electron chi connectivity index (χ2n) is 7.86. The molecular weight excluding hydrogens is 408 g/mol. The molecule has 1 aromatic carbocycles. The first-order valence-electron chi connectivity index (χ1n) is 9.97. The smallest absolute Gasteiger partial charge is 0.383 e. The Morgan fingerprint density at radius 2 is 2.03 bits per heavy atom. The molecule has 2 heterocycles. The van der Waals surface area contributed by atoms with E-state index in [2.05, 4.69) is 9.88 Å². The lowest BCUT2D eigenvalue weighted by Crippen LogP contribution is -2.47. The predicted molar refractivity (Wildman–Crippen MR) is 115 cm³/mol. The van der Waals surface area contributed by atoms with Crippen molar-refractivity contribution in [2.75, 3.05) is 19.6 Å². The molecule has 1 atom stereocenters. The third-order valence-electron chi connectivity index (χ3n) is 5.13. The summed E-state index contributed by atoms with van der Waals surface area (Å²) in [6, 6.07) is 10.0. The van der Waals surface area contributed by atoms with E-state index in [1.54, 1.807) is 6.92 Å². The summed E-state index contributed by atoms with van der Waals surface area (Å²) in [5.41, 5.74) is -0.0404. The molecule has 0 saturated carbocycles. The molecule has 0 radical (unpaired) electrons. The van der Waals surface area contributed by atoms with Gasteiger partial charge in [-0.25, -0.2) is 0 Å². The summed E-state index contributed by atoms with van der Waals surface area (Å²) in [6.07, 6.45) is 5.08. The van der Waals surface area contributed by atoms with E-state index in [1.165, 1.54) is 10.8 Å². The molecule has 2 aromatic rings. The second-order valence-corrected chi connectivity index (χ2v) is 8.20. The third-order valence-corrected chi connectivity index (χ3v) is 5.43. The van der Waals surface area contributed by atoms with Crippen LogP contribution in [0.1, 0.15) is 32.3 Å². The van der Waals surface area contributed by atoms with Gasteiger partial charge in [-0.05, 0) is 54.3 Å². The third kappa shape index (κ3) is 5.81. The van der Waals surface area contributed by atoms with Crippen molar-refractivity contribution < 1.29 is 14.8 Å². The zero-order chi connectivity index (χ0) is 21.7. The number of rotatable bonds is 8. The highest BCUT2D eigenvalue weighted by Crippen LogP contribution is 2.25. The van der Waals surface area contributed by atoms with Gasteiger partial charge in [-0.1, -0.05) is 30.3 Å². The SMILES string of the molecule is CC=C(OC1CCN(C[C@](C)(O)Cn2cc([N+](=O)[O-])nc2Cl)CC1)c1ccccc1. The van der Waals surface area contributed by atoms with E-state index in [0.29, 0.717) is 6.54 Å². The topological polar surface area (TPSA) is 93.7 Å². The minimum absolute atomic E-state index is 0.00567. The van der Waals surface area contributed by atoms with Crippen molar-refractivity contribution in [3.05, 3.63) is 63.6 Å². The number of benzene rings is 1. The maximum absolute atomic E-state index is 10.9. The van der Waals surface area contributed by atoms with Crippen molar-refractivity contribution in [2.24, 2.45) is 0 Å². The van der Waals surface area contributed by atoms with Gasteiger partial charge in [0, 0.05) is 25.2 Å². The molecule has 8 nitrogen and oxygen atoms in total. The fourth-order valence-electron chi connectivity index (χ4n) is 3.75. The summed E-state index contributed by atoms with van der Waals surface area (Å²) < 4.78 is 7.63. The van der Waals surface area contributed by atoms with Gasteiger partial charge in [-0.3, -0.25) is 4.57 Å². The van der Waals surface area contributed by atoms with Crippen LogP contribution in [0, 0.1) is 10.1 Å². The Morgan fingerprint density at radius 3 is 2.60 bits per heavy atom. The summed E-state index contributed by atoms with van der Waals surface area (Å²) in [5, 5.41) is 21.7. The molecule has 1 N–H and O–H groups in total. The monoisotopic (exact) mass is 434 g/mol. The maximum Gasteiger partial charge on any atom is 0.383 e. The Bertz CT molecular complexity index is 890. The lowest BCUT2D eigenvalue weighted by molar-refractivity contribution is -0.389. The Labute approximate surface area is 180 Å². The molecule has 1 aliphatic heterocycles. The Hall–Kier alpha value is -2.42. The molecule has 0 aliphatic carbocycles. The zero-order valence-electron chi connectivity index (χ0n) is 17.2. The van der Waals surface area contributed by atoms with Crippen molar-refractivity contribution in [1.29, 1.82) is 0 Å². The van der Waals surface area contributed by atoms with Crippen LogP contribution in [0.25, 0.3) is 5.76 Å². The first kappa shape index (κ1) is 22.3. The van der Waals surface area contributed by atoms with Crippen LogP contribution in [0.5, 0.6) is 0 Å². The van der Waals surface area contributed by atoms with E-state index in [1.807, 2.05) is 43.3 Å². The highest BCUT2D eigenvalue weighted by atomic mass is 35.5. The first-order valence-corrected chi connectivity index (χ1v) is 10.4. The summed E-state index contributed by atoms with van der Waals surface area (Å²) >= 11 is 5.97. The van der Waals surface area contributed by atoms with Crippen LogP contribution < -0.4 is 0 Å². The van der Waals surface area contributed by atoms with Crippen LogP contribution in [0.15, 0.2) is 42.6 Å². The maximum atomic E-state index is 10.9. The average Bonchev–Trinajstić information content (AvgIpc) is 3.08. The standard InChI is InChI=1S/C21H27ClN4O4/c1-3-18(16-7-5-4-6-8-16)30-17-9-11-24(12-10-17)14-21(2,27)15-25-13-19(26(28)29)23-20(25)22/h3-8,13,17,27H,9-12,14-15H2,1-2H3/t21-/m0/s1. The number of ether oxygens (including phenoxy) is 1. The van der Waals surface area contributed by atoms with Crippen LogP contribution in [0.2, 0.25) is 5.28 Å². The van der Waals surface area contributed by atoms with Crippen LogP contribution in [0.3, 0.4) is 0 Å². The molecule has 1 aliphatic rings. The van der Waals surface area contributed by atoms with E-state index in [4.69, 9.17) is 16.3 Å². The molecular formula is C21H27ClN4O4. The van der Waals surface area contributed by atoms with Gasteiger partial charge in [0.25, 0.3) is 0 Å². The normalized spacial score (nSPS) is 18.2. The lowest BCUT2D eigenvalue weighted by Gasteiger charge is -2.37. The van der Waals surface area contributed by atoms with Crippen LogP contribution >= 0.6 is 11.6 Å². The number of piperidine rings is 1. The molecule has 1 fully saturated rings. The Morgan fingerprint density at radius 1 is 1.37 bits per heavy atom. The van der Waals surface area contributed by atoms with Gasteiger partial charge >= 0.3 is 11.1 Å². The molecule has 0 amide bonds. The Balaban J connectivity index is 1.52. The van der Waals surface area contributed by atoms with E-state index >= 15 is 0 Å². The number of imidazole rings is 1. The molecule has 9 heteroatoms. The second kappa shape index (κ2) is 9.59. The fourth-order valence-corrected chi connectivity index (χ4v) is 3.94. The minimum Gasteiger partial charge on any atom is -0.490 e. The van der Waals surface area contributed by atoms with Crippen molar-refractivity contribution in [3.63, 3.8) is 0 Å². The van der Waals surface area contributed by atoms with Gasteiger partial charge in [-0.15, -0.1) is 0 Å². The molecule has 0 bridgehead atoms. The molecule has 1 saturated heterocycles.